The first-order chi connectivity index (χ1) is 9.56. The number of fused-ring (bicyclic) bond motifs is 3. The van der Waals surface area contributed by atoms with Gasteiger partial charge < -0.3 is 10.4 Å². The number of hydrogen-bond donors (Lipinski definition) is 2. The van der Waals surface area contributed by atoms with Gasteiger partial charge in [-0.15, -0.1) is 11.3 Å². The average Bonchev–Trinajstić information content (AvgIpc) is 2.84. The van der Waals surface area contributed by atoms with Crippen LogP contribution in [0.1, 0.15) is 30.6 Å². The predicted molar refractivity (Wildman–Crippen MR) is 75.5 cm³/mol. The summed E-state index contributed by atoms with van der Waals surface area (Å²) in [6.07, 6.45) is 5.55. The minimum absolute atomic E-state index is 0.159. The van der Waals surface area contributed by atoms with Gasteiger partial charge in [-0.2, -0.15) is 0 Å². The number of aromatic nitrogens is 1. The summed E-state index contributed by atoms with van der Waals surface area (Å²) in [6, 6.07) is 0. The molecule has 3 fully saturated rings. The maximum atomic E-state index is 12.5. The highest BCUT2D eigenvalue weighted by atomic mass is 32.1. The molecule has 1 heterocycles. The van der Waals surface area contributed by atoms with Crippen molar-refractivity contribution in [1.82, 2.24) is 4.98 Å². The Hall–Kier alpha value is -1.43. The van der Waals surface area contributed by atoms with E-state index in [0.29, 0.717) is 5.13 Å². The number of carbonyl (C=O) groups excluding carboxylic acids is 1. The molecule has 4 rings (SSSR count). The van der Waals surface area contributed by atoms with Crippen LogP contribution in [0.4, 0.5) is 5.13 Å². The largest absolute Gasteiger partial charge is 0.481 e. The fraction of sp³-hybridized carbons (Fsp3) is 0.643. The molecule has 3 aliphatic rings. The zero-order valence-electron chi connectivity index (χ0n) is 11.3. The van der Waals surface area contributed by atoms with Crippen LogP contribution >= 0.6 is 11.3 Å². The van der Waals surface area contributed by atoms with E-state index < -0.39 is 17.8 Å². The van der Waals surface area contributed by atoms with Crippen LogP contribution in [-0.2, 0) is 9.59 Å². The number of rotatable bonds is 3. The van der Waals surface area contributed by atoms with Crippen molar-refractivity contribution in [1.29, 1.82) is 0 Å². The molecule has 1 amide bonds. The predicted octanol–water partition coefficient (Wildman–Crippen LogP) is 2.53. The van der Waals surface area contributed by atoms with Crippen LogP contribution < -0.4 is 5.32 Å². The van der Waals surface area contributed by atoms with Crippen molar-refractivity contribution in [3.8, 4) is 0 Å². The van der Waals surface area contributed by atoms with Crippen LogP contribution in [0.3, 0.4) is 0 Å². The second-order valence-electron chi connectivity index (χ2n) is 5.83. The number of nitrogens with one attached hydrogen (secondary N) is 1. The summed E-state index contributed by atoms with van der Waals surface area (Å²) < 4.78 is 0. The average molecular weight is 294 g/mol. The standard InChI is InChI=1S/C14H18N2O3S/c1-7-6-15-14(20-7)16-12(17)10-8-2-4-9(5-3-8)11(10)13(18)19/h6,8-11H,2-5H2,1H3,(H,18,19)(H,15,16,17)/t8?,9?,10-,11+/m1/s1. The van der Waals surface area contributed by atoms with Crippen LogP contribution in [0.2, 0.25) is 0 Å². The Balaban J connectivity index is 1.79. The number of carboxylic acids is 1. The molecule has 5 nitrogen and oxygen atoms in total. The van der Waals surface area contributed by atoms with Gasteiger partial charge in [0.15, 0.2) is 5.13 Å². The van der Waals surface area contributed by atoms with E-state index in [1.54, 1.807) is 6.20 Å². The molecule has 108 valence electrons. The Bertz CT molecular complexity index is 534. The molecule has 1 aromatic rings. The molecule has 3 aliphatic carbocycles. The number of nitrogens with zero attached hydrogens (tertiary/aromatic N) is 1. The quantitative estimate of drug-likeness (QED) is 0.897. The Morgan fingerprint density at radius 2 is 1.85 bits per heavy atom. The highest BCUT2D eigenvalue weighted by Crippen LogP contribution is 2.49. The molecule has 2 bridgehead atoms. The first-order valence-electron chi connectivity index (χ1n) is 7.02. The lowest BCUT2D eigenvalue weighted by atomic mass is 9.58. The molecule has 20 heavy (non-hydrogen) atoms. The SMILES string of the molecule is Cc1cnc(NC(=O)[C@@H]2C3CCC(CC3)[C@@H]2C(=O)O)s1. The number of anilines is 1. The topological polar surface area (TPSA) is 79.3 Å². The lowest BCUT2D eigenvalue weighted by molar-refractivity contribution is -0.156. The van der Waals surface area contributed by atoms with Gasteiger partial charge in [-0.1, -0.05) is 0 Å². The molecule has 6 heteroatoms. The van der Waals surface area contributed by atoms with Crippen molar-refractivity contribution < 1.29 is 14.7 Å². The van der Waals surface area contributed by atoms with E-state index in [2.05, 4.69) is 10.3 Å². The van der Waals surface area contributed by atoms with Crippen molar-refractivity contribution >= 4 is 28.3 Å². The maximum Gasteiger partial charge on any atom is 0.307 e. The van der Waals surface area contributed by atoms with Crippen molar-refractivity contribution in [2.24, 2.45) is 23.7 Å². The third-order valence-electron chi connectivity index (χ3n) is 4.66. The molecule has 0 radical (unpaired) electrons. The van der Waals surface area contributed by atoms with Gasteiger partial charge in [-0.05, 0) is 44.4 Å². The van der Waals surface area contributed by atoms with Crippen molar-refractivity contribution in [3.05, 3.63) is 11.1 Å². The summed E-state index contributed by atoms with van der Waals surface area (Å²) in [6.45, 7) is 1.93. The number of thiazole rings is 1. The first kappa shape index (κ1) is 13.5. The smallest absolute Gasteiger partial charge is 0.307 e. The molecule has 0 saturated heterocycles. The van der Waals surface area contributed by atoms with E-state index in [1.807, 2.05) is 6.92 Å². The Kier molecular flexibility index (Phi) is 3.50. The molecular weight excluding hydrogens is 276 g/mol. The first-order valence-corrected chi connectivity index (χ1v) is 7.84. The molecule has 2 N–H and O–H groups in total. The van der Waals surface area contributed by atoms with Gasteiger partial charge in [0, 0.05) is 11.1 Å². The van der Waals surface area contributed by atoms with Crippen molar-refractivity contribution in [3.63, 3.8) is 0 Å². The number of amides is 1. The molecule has 1 aromatic heterocycles. The number of carbonyl (C=O) groups is 2. The zero-order valence-corrected chi connectivity index (χ0v) is 12.2. The molecule has 2 atom stereocenters. The molecule has 0 aliphatic heterocycles. The summed E-state index contributed by atoms with van der Waals surface area (Å²) in [5.41, 5.74) is 0. The summed E-state index contributed by atoms with van der Waals surface area (Å²) >= 11 is 1.42. The van der Waals surface area contributed by atoms with E-state index >= 15 is 0 Å². The fourth-order valence-electron chi connectivity index (χ4n) is 3.78. The molecule has 3 saturated carbocycles. The lowest BCUT2D eigenvalue weighted by Gasteiger charge is -2.45. The number of hydrogen-bond acceptors (Lipinski definition) is 4. The summed E-state index contributed by atoms with van der Waals surface area (Å²) in [5.74, 6) is -1.54. The van der Waals surface area contributed by atoms with Crippen LogP contribution in [0.15, 0.2) is 6.20 Å². The van der Waals surface area contributed by atoms with E-state index in [0.717, 1.165) is 30.6 Å². The van der Waals surface area contributed by atoms with Gasteiger partial charge in [0.2, 0.25) is 5.91 Å². The highest BCUT2D eigenvalue weighted by Gasteiger charge is 2.50. The molecule has 0 aromatic carbocycles. The number of carboxylic acid groups (broad SMARTS) is 1. The van der Waals surface area contributed by atoms with Gasteiger partial charge in [-0.3, -0.25) is 9.59 Å². The minimum atomic E-state index is -0.824. The third kappa shape index (κ3) is 2.32. The highest BCUT2D eigenvalue weighted by molar-refractivity contribution is 7.15. The molecule has 0 spiro atoms. The van der Waals surface area contributed by atoms with Gasteiger partial charge >= 0.3 is 5.97 Å². The Morgan fingerprint density at radius 1 is 1.25 bits per heavy atom. The Morgan fingerprint density at radius 3 is 2.35 bits per heavy atom. The van der Waals surface area contributed by atoms with Gasteiger partial charge in [0.25, 0.3) is 0 Å². The van der Waals surface area contributed by atoms with E-state index in [9.17, 15) is 14.7 Å². The summed E-state index contributed by atoms with van der Waals surface area (Å²) in [4.78, 5) is 29.1. The van der Waals surface area contributed by atoms with E-state index in [-0.39, 0.29) is 17.7 Å². The Labute approximate surface area is 121 Å². The lowest BCUT2D eigenvalue weighted by Crippen LogP contribution is -2.49. The number of aryl methyl sites for hydroxylation is 1. The van der Waals surface area contributed by atoms with Crippen LogP contribution in [0, 0.1) is 30.6 Å². The molecular formula is C14H18N2O3S. The van der Waals surface area contributed by atoms with Crippen LogP contribution in [0.5, 0.6) is 0 Å². The zero-order chi connectivity index (χ0) is 14.3. The normalized spacial score (nSPS) is 32.0. The minimum Gasteiger partial charge on any atom is -0.481 e. The number of aliphatic carboxylic acids is 1. The van der Waals surface area contributed by atoms with Gasteiger partial charge in [0.05, 0.1) is 11.8 Å². The summed E-state index contributed by atoms with van der Waals surface area (Å²) in [5, 5.41) is 12.8. The van der Waals surface area contributed by atoms with Crippen LogP contribution in [0.25, 0.3) is 0 Å². The second kappa shape index (κ2) is 5.16. The van der Waals surface area contributed by atoms with Crippen molar-refractivity contribution in [2.75, 3.05) is 5.32 Å². The van der Waals surface area contributed by atoms with Gasteiger partial charge in [-0.25, -0.2) is 4.98 Å². The van der Waals surface area contributed by atoms with Crippen LogP contribution in [-0.4, -0.2) is 22.0 Å². The summed E-state index contributed by atoms with van der Waals surface area (Å²) in [7, 11) is 0. The fourth-order valence-corrected chi connectivity index (χ4v) is 4.45. The van der Waals surface area contributed by atoms with E-state index in [1.165, 1.54) is 11.3 Å². The second-order valence-corrected chi connectivity index (χ2v) is 7.06. The molecule has 0 unspecified atom stereocenters. The van der Waals surface area contributed by atoms with Gasteiger partial charge in [0.1, 0.15) is 0 Å². The third-order valence-corrected chi connectivity index (χ3v) is 5.49. The van der Waals surface area contributed by atoms with E-state index in [4.69, 9.17) is 0 Å². The maximum absolute atomic E-state index is 12.5. The van der Waals surface area contributed by atoms with Crippen molar-refractivity contribution in [2.45, 2.75) is 32.6 Å². The monoisotopic (exact) mass is 294 g/mol.